The first kappa shape index (κ1) is 16.0. The Bertz CT molecular complexity index is 452. The molecule has 1 amide bonds. The van der Waals surface area contributed by atoms with Crippen molar-refractivity contribution in [2.75, 3.05) is 6.54 Å². The molecule has 1 N–H and O–H groups in total. The third-order valence-corrected chi connectivity index (χ3v) is 2.92. The van der Waals surface area contributed by atoms with Gasteiger partial charge in [0.15, 0.2) is 0 Å². The fourth-order valence-electron chi connectivity index (χ4n) is 1.30. The van der Waals surface area contributed by atoms with Crippen LogP contribution in [0.5, 0.6) is 0 Å². The Morgan fingerprint density at radius 2 is 2.00 bits per heavy atom. The Balaban J connectivity index is 2.33. The highest BCUT2D eigenvalue weighted by molar-refractivity contribution is 6.41. The fourth-order valence-corrected chi connectivity index (χ4v) is 1.57. The molecule has 0 atom stereocenters. The molecule has 3 nitrogen and oxygen atoms in total. The molecule has 0 aliphatic carbocycles. The van der Waals surface area contributed by atoms with Crippen LogP contribution in [0.2, 0.25) is 10.2 Å². The van der Waals surface area contributed by atoms with Gasteiger partial charge in [0.1, 0.15) is 5.15 Å². The highest BCUT2D eigenvalue weighted by Crippen LogP contribution is 2.22. The molecule has 0 unspecified atom stereocenters. The number of nitrogens with one attached hydrogen (secondary N) is 1. The van der Waals surface area contributed by atoms with Gasteiger partial charge in [-0.25, -0.2) is 4.98 Å². The third-order valence-electron chi connectivity index (χ3n) is 2.23. The van der Waals surface area contributed by atoms with Gasteiger partial charge in [0.25, 0.3) is 5.91 Å². The summed E-state index contributed by atoms with van der Waals surface area (Å²) in [6, 6.07) is 1.35. The Labute approximate surface area is 118 Å². The number of rotatable bonds is 5. The van der Waals surface area contributed by atoms with Crippen molar-refractivity contribution in [3.8, 4) is 0 Å². The van der Waals surface area contributed by atoms with E-state index in [2.05, 4.69) is 10.3 Å². The van der Waals surface area contributed by atoms with Crippen molar-refractivity contribution in [2.45, 2.75) is 25.4 Å². The smallest absolute Gasteiger partial charge is 0.352 e. The Morgan fingerprint density at radius 1 is 1.32 bits per heavy atom. The van der Waals surface area contributed by atoms with E-state index in [1.165, 1.54) is 12.3 Å². The first-order chi connectivity index (χ1) is 8.79. The van der Waals surface area contributed by atoms with E-state index in [-0.39, 0.29) is 35.1 Å². The van der Waals surface area contributed by atoms with Crippen molar-refractivity contribution in [3.63, 3.8) is 0 Å². The number of hydrogen-bond acceptors (Lipinski definition) is 2. The molecule has 1 aromatic rings. The molecular weight excluding hydrogens is 304 g/mol. The average molecular weight is 315 g/mol. The van der Waals surface area contributed by atoms with Gasteiger partial charge in [0.2, 0.25) is 0 Å². The number of aromatic nitrogens is 1. The molecule has 0 aromatic carbocycles. The summed E-state index contributed by atoms with van der Waals surface area (Å²) in [5.41, 5.74) is 0.213. The van der Waals surface area contributed by atoms with Crippen LogP contribution in [0.25, 0.3) is 0 Å². The first-order valence-electron chi connectivity index (χ1n) is 5.45. The van der Waals surface area contributed by atoms with E-state index < -0.39 is 18.5 Å². The lowest BCUT2D eigenvalue weighted by molar-refractivity contribution is -0.135. The van der Waals surface area contributed by atoms with Crippen molar-refractivity contribution in [1.29, 1.82) is 0 Å². The standard InChI is InChI=1S/C11H11Cl2F3N2O/c12-8-5-7(6-18-9(8)13)10(19)17-4-2-1-3-11(14,15)16/h5-6H,1-4H2,(H,17,19). The van der Waals surface area contributed by atoms with Crippen LogP contribution in [-0.2, 0) is 0 Å². The summed E-state index contributed by atoms with van der Waals surface area (Å²) in [5, 5.41) is 2.72. The molecule has 0 bridgehead atoms. The lowest BCUT2D eigenvalue weighted by atomic mass is 10.2. The highest BCUT2D eigenvalue weighted by atomic mass is 35.5. The molecule has 106 valence electrons. The largest absolute Gasteiger partial charge is 0.389 e. The molecule has 0 aliphatic rings. The van der Waals surface area contributed by atoms with Gasteiger partial charge in [-0.15, -0.1) is 0 Å². The minimum Gasteiger partial charge on any atom is -0.352 e. The Morgan fingerprint density at radius 3 is 2.58 bits per heavy atom. The van der Waals surface area contributed by atoms with Gasteiger partial charge in [-0.1, -0.05) is 23.2 Å². The van der Waals surface area contributed by atoms with Gasteiger partial charge < -0.3 is 5.32 Å². The summed E-state index contributed by atoms with van der Waals surface area (Å²) in [7, 11) is 0. The zero-order valence-electron chi connectivity index (χ0n) is 9.73. The van der Waals surface area contributed by atoms with Crippen molar-refractivity contribution >= 4 is 29.1 Å². The van der Waals surface area contributed by atoms with Crippen LogP contribution in [0.15, 0.2) is 12.3 Å². The number of unbranched alkanes of at least 4 members (excludes halogenated alkanes) is 1. The van der Waals surface area contributed by atoms with Crippen LogP contribution in [0.3, 0.4) is 0 Å². The number of carbonyl (C=O) groups excluding carboxylic acids is 1. The SMILES string of the molecule is O=C(NCCCCC(F)(F)F)c1cnc(Cl)c(Cl)c1. The van der Waals surface area contributed by atoms with E-state index in [4.69, 9.17) is 23.2 Å². The van der Waals surface area contributed by atoms with Crippen molar-refractivity contribution in [1.82, 2.24) is 10.3 Å². The lowest BCUT2D eigenvalue weighted by Crippen LogP contribution is -2.24. The van der Waals surface area contributed by atoms with Crippen molar-refractivity contribution in [2.24, 2.45) is 0 Å². The number of hydrogen-bond donors (Lipinski definition) is 1. The molecule has 8 heteroatoms. The number of alkyl halides is 3. The van der Waals surface area contributed by atoms with Crippen LogP contribution in [0, 0.1) is 0 Å². The molecule has 0 saturated heterocycles. The summed E-state index contributed by atoms with van der Waals surface area (Å²) >= 11 is 11.3. The minimum atomic E-state index is -4.16. The number of halogens is 5. The molecule has 1 rings (SSSR count). The van der Waals surface area contributed by atoms with Crippen LogP contribution in [-0.4, -0.2) is 23.6 Å². The molecule has 0 saturated carbocycles. The van der Waals surface area contributed by atoms with E-state index >= 15 is 0 Å². The maximum absolute atomic E-state index is 11.9. The summed E-state index contributed by atoms with van der Waals surface area (Å²) in [4.78, 5) is 15.3. The van der Waals surface area contributed by atoms with Crippen LogP contribution in [0.1, 0.15) is 29.6 Å². The second-order valence-corrected chi connectivity index (χ2v) is 4.59. The second-order valence-electron chi connectivity index (χ2n) is 3.82. The molecule has 19 heavy (non-hydrogen) atoms. The van der Waals surface area contributed by atoms with Crippen molar-refractivity contribution in [3.05, 3.63) is 28.0 Å². The summed E-state index contributed by atoms with van der Waals surface area (Å²) in [6.45, 7) is 0.162. The second kappa shape index (κ2) is 6.96. The zero-order valence-corrected chi connectivity index (χ0v) is 11.2. The molecule has 1 aromatic heterocycles. The quantitative estimate of drug-likeness (QED) is 0.662. The average Bonchev–Trinajstić information content (AvgIpc) is 2.30. The predicted octanol–water partition coefficient (Wildman–Crippen LogP) is 3.85. The lowest BCUT2D eigenvalue weighted by Gasteiger charge is -2.07. The fraction of sp³-hybridized carbons (Fsp3) is 0.455. The first-order valence-corrected chi connectivity index (χ1v) is 6.21. The number of amides is 1. The van der Waals surface area contributed by atoms with Gasteiger partial charge in [0, 0.05) is 19.2 Å². The monoisotopic (exact) mass is 314 g/mol. The van der Waals surface area contributed by atoms with Gasteiger partial charge in [-0.05, 0) is 18.9 Å². The van der Waals surface area contributed by atoms with E-state index in [0.717, 1.165) is 0 Å². The van der Waals surface area contributed by atoms with Gasteiger partial charge in [-0.2, -0.15) is 13.2 Å². The van der Waals surface area contributed by atoms with Crippen molar-refractivity contribution < 1.29 is 18.0 Å². The highest BCUT2D eigenvalue weighted by Gasteiger charge is 2.25. The topological polar surface area (TPSA) is 42.0 Å². The number of pyridine rings is 1. The molecule has 0 aliphatic heterocycles. The summed E-state index contributed by atoms with van der Waals surface area (Å²) in [5.74, 6) is -0.446. The molecule has 0 fully saturated rings. The zero-order chi connectivity index (χ0) is 14.5. The maximum atomic E-state index is 11.9. The molecular formula is C11H11Cl2F3N2O. The summed E-state index contributed by atoms with van der Waals surface area (Å²) in [6.07, 6.45) is -3.53. The van der Waals surface area contributed by atoms with E-state index in [9.17, 15) is 18.0 Å². The third kappa shape index (κ3) is 6.11. The predicted molar refractivity (Wildman–Crippen MR) is 66.5 cm³/mol. The van der Waals surface area contributed by atoms with Gasteiger partial charge in [0.05, 0.1) is 10.6 Å². The number of carbonyl (C=O) groups is 1. The van der Waals surface area contributed by atoms with Crippen LogP contribution < -0.4 is 5.32 Å². The van der Waals surface area contributed by atoms with E-state index in [1.54, 1.807) is 0 Å². The Hall–Kier alpha value is -1.01. The van der Waals surface area contributed by atoms with Gasteiger partial charge >= 0.3 is 6.18 Å². The van der Waals surface area contributed by atoms with E-state index in [1.807, 2.05) is 0 Å². The Kier molecular flexibility index (Phi) is 5.87. The van der Waals surface area contributed by atoms with Crippen LogP contribution in [0.4, 0.5) is 13.2 Å². The van der Waals surface area contributed by atoms with Gasteiger partial charge in [-0.3, -0.25) is 4.79 Å². The van der Waals surface area contributed by atoms with E-state index in [0.29, 0.717) is 0 Å². The maximum Gasteiger partial charge on any atom is 0.389 e. The molecule has 1 heterocycles. The minimum absolute atomic E-state index is 0.0244. The molecule has 0 spiro atoms. The number of nitrogens with zero attached hydrogens (tertiary/aromatic N) is 1. The molecule has 0 radical (unpaired) electrons. The van der Waals surface area contributed by atoms with Crippen LogP contribution >= 0.6 is 23.2 Å². The summed E-state index contributed by atoms with van der Waals surface area (Å²) < 4.78 is 35.6. The normalized spacial score (nSPS) is 11.4.